The monoisotopic (exact) mass is 222 g/mol. The van der Waals surface area contributed by atoms with E-state index in [4.69, 9.17) is 4.74 Å². The second-order valence-corrected chi connectivity index (χ2v) is 4.71. The fourth-order valence-electron chi connectivity index (χ4n) is 2.68. The topological polar surface area (TPSA) is 9.23 Å². The maximum absolute atomic E-state index is 13.4. The van der Waals surface area contributed by atoms with Crippen LogP contribution in [0.3, 0.4) is 0 Å². The maximum atomic E-state index is 13.4. The summed E-state index contributed by atoms with van der Waals surface area (Å²) in [5, 5.41) is 0. The van der Waals surface area contributed by atoms with Gasteiger partial charge in [-0.3, -0.25) is 4.39 Å². The van der Waals surface area contributed by atoms with Crippen molar-refractivity contribution in [3.63, 3.8) is 0 Å². The highest BCUT2D eigenvalue weighted by Gasteiger charge is 2.34. The largest absolute Gasteiger partial charge is 0.497 e. The zero-order chi connectivity index (χ0) is 11.4. The van der Waals surface area contributed by atoms with E-state index in [0.29, 0.717) is 0 Å². The van der Waals surface area contributed by atoms with Crippen LogP contribution in [0.15, 0.2) is 24.3 Å². The van der Waals surface area contributed by atoms with Crippen molar-refractivity contribution in [3.05, 3.63) is 29.8 Å². The van der Waals surface area contributed by atoms with Crippen LogP contribution in [0.5, 0.6) is 5.75 Å². The molecule has 0 amide bonds. The summed E-state index contributed by atoms with van der Waals surface area (Å²) in [5.74, 6) is 0.830. The van der Waals surface area contributed by atoms with Crippen LogP contribution in [-0.4, -0.2) is 13.8 Å². The Labute approximate surface area is 96.6 Å². The molecule has 0 unspecified atom stereocenters. The van der Waals surface area contributed by atoms with E-state index in [-0.39, 0.29) is 12.1 Å². The zero-order valence-electron chi connectivity index (χ0n) is 9.84. The molecule has 0 bridgehead atoms. The Morgan fingerprint density at radius 3 is 2.62 bits per heavy atom. The predicted octanol–water partition coefficient (Wildman–Crippen LogP) is 3.87. The van der Waals surface area contributed by atoms with Crippen LogP contribution in [0.2, 0.25) is 0 Å². The molecule has 1 aromatic carbocycles. The van der Waals surface area contributed by atoms with Crippen LogP contribution in [0.1, 0.15) is 37.7 Å². The number of alkyl halides is 1. The Kier molecular flexibility index (Phi) is 3.47. The first-order chi connectivity index (χ1) is 7.80. The first kappa shape index (κ1) is 11.4. The van der Waals surface area contributed by atoms with Gasteiger partial charge in [-0.2, -0.15) is 0 Å². The lowest BCUT2D eigenvalue weighted by Crippen LogP contribution is -2.31. The van der Waals surface area contributed by atoms with Gasteiger partial charge in [0.25, 0.3) is 0 Å². The highest BCUT2D eigenvalue weighted by Crippen LogP contribution is 2.40. The van der Waals surface area contributed by atoms with Crippen LogP contribution in [0, 0.1) is 0 Å². The van der Waals surface area contributed by atoms with E-state index < -0.39 is 0 Å². The Hall–Kier alpha value is -1.05. The molecule has 0 N–H and O–H groups in total. The SMILES string of the molecule is COc1cccc(C2(CF)CCCCC2)c1. The third kappa shape index (κ3) is 2.06. The molecule has 16 heavy (non-hydrogen) atoms. The van der Waals surface area contributed by atoms with Crippen molar-refractivity contribution in [1.82, 2.24) is 0 Å². The van der Waals surface area contributed by atoms with Crippen molar-refractivity contribution < 1.29 is 9.13 Å². The minimum atomic E-state index is -0.250. The first-order valence-electron chi connectivity index (χ1n) is 6.01. The van der Waals surface area contributed by atoms with E-state index in [9.17, 15) is 4.39 Å². The average Bonchev–Trinajstić information content (AvgIpc) is 2.39. The van der Waals surface area contributed by atoms with Crippen molar-refractivity contribution in [2.24, 2.45) is 0 Å². The third-order valence-electron chi connectivity index (χ3n) is 3.75. The van der Waals surface area contributed by atoms with Crippen molar-refractivity contribution in [2.75, 3.05) is 13.8 Å². The molecule has 2 rings (SSSR count). The summed E-state index contributed by atoms with van der Waals surface area (Å²) in [6.07, 6.45) is 5.46. The molecule has 1 aliphatic rings. The van der Waals surface area contributed by atoms with Gasteiger partial charge in [-0.25, -0.2) is 0 Å². The molecule has 0 heterocycles. The Morgan fingerprint density at radius 2 is 2.00 bits per heavy atom. The van der Waals surface area contributed by atoms with E-state index in [1.54, 1.807) is 7.11 Å². The van der Waals surface area contributed by atoms with Gasteiger partial charge in [-0.15, -0.1) is 0 Å². The normalized spacial score (nSPS) is 19.4. The quantitative estimate of drug-likeness (QED) is 0.754. The maximum Gasteiger partial charge on any atom is 0.119 e. The molecule has 1 nitrogen and oxygen atoms in total. The van der Waals surface area contributed by atoms with Gasteiger partial charge in [0, 0.05) is 5.41 Å². The molecule has 0 saturated heterocycles. The molecule has 1 saturated carbocycles. The molecule has 88 valence electrons. The van der Waals surface area contributed by atoms with Crippen molar-refractivity contribution in [2.45, 2.75) is 37.5 Å². The minimum Gasteiger partial charge on any atom is -0.497 e. The molecule has 0 spiro atoms. The van der Waals surface area contributed by atoms with Gasteiger partial charge < -0.3 is 4.74 Å². The van der Waals surface area contributed by atoms with Gasteiger partial charge in [-0.1, -0.05) is 31.4 Å². The second kappa shape index (κ2) is 4.86. The summed E-state index contributed by atoms with van der Waals surface area (Å²) in [4.78, 5) is 0. The van der Waals surface area contributed by atoms with E-state index in [1.165, 1.54) is 6.42 Å². The summed E-state index contributed by atoms with van der Waals surface area (Å²) in [6, 6.07) is 7.90. The highest BCUT2D eigenvalue weighted by atomic mass is 19.1. The van der Waals surface area contributed by atoms with E-state index in [2.05, 4.69) is 0 Å². The Morgan fingerprint density at radius 1 is 1.25 bits per heavy atom. The molecular formula is C14H19FO. The smallest absolute Gasteiger partial charge is 0.119 e. The Bertz CT molecular complexity index is 342. The van der Waals surface area contributed by atoms with Crippen LogP contribution in [0.25, 0.3) is 0 Å². The first-order valence-corrected chi connectivity index (χ1v) is 6.01. The number of rotatable bonds is 3. The highest BCUT2D eigenvalue weighted by molar-refractivity contribution is 5.34. The third-order valence-corrected chi connectivity index (χ3v) is 3.75. The van der Waals surface area contributed by atoms with Crippen LogP contribution < -0.4 is 4.74 Å². The zero-order valence-corrected chi connectivity index (χ0v) is 9.84. The summed E-state index contributed by atoms with van der Waals surface area (Å²) < 4.78 is 18.6. The summed E-state index contributed by atoms with van der Waals surface area (Å²) in [7, 11) is 1.65. The summed E-state index contributed by atoms with van der Waals surface area (Å²) in [5.41, 5.74) is 0.862. The van der Waals surface area contributed by atoms with Crippen molar-refractivity contribution >= 4 is 0 Å². The number of hydrogen-bond acceptors (Lipinski definition) is 1. The number of benzene rings is 1. The summed E-state index contributed by atoms with van der Waals surface area (Å²) >= 11 is 0. The van der Waals surface area contributed by atoms with Crippen molar-refractivity contribution in [1.29, 1.82) is 0 Å². The van der Waals surface area contributed by atoms with Gasteiger partial charge in [0.05, 0.1) is 13.8 Å². The summed E-state index contributed by atoms with van der Waals surface area (Å²) in [6.45, 7) is -0.250. The van der Waals surface area contributed by atoms with Gasteiger partial charge in [0.2, 0.25) is 0 Å². The Balaban J connectivity index is 2.31. The van der Waals surface area contributed by atoms with E-state index in [1.807, 2.05) is 24.3 Å². The standard InChI is InChI=1S/C14H19FO/c1-16-13-7-5-6-12(10-13)14(11-15)8-3-2-4-9-14/h5-7,10H,2-4,8-9,11H2,1H3. The molecule has 1 fully saturated rings. The number of halogens is 1. The van der Waals surface area contributed by atoms with E-state index >= 15 is 0 Å². The van der Waals surface area contributed by atoms with Crippen LogP contribution in [-0.2, 0) is 5.41 Å². The lowest BCUT2D eigenvalue weighted by Gasteiger charge is -2.35. The second-order valence-electron chi connectivity index (χ2n) is 4.71. The predicted molar refractivity (Wildman–Crippen MR) is 63.7 cm³/mol. The fraction of sp³-hybridized carbons (Fsp3) is 0.571. The molecule has 0 aliphatic heterocycles. The average molecular weight is 222 g/mol. The van der Waals surface area contributed by atoms with Crippen LogP contribution >= 0.6 is 0 Å². The lowest BCUT2D eigenvalue weighted by atomic mass is 9.70. The van der Waals surface area contributed by atoms with Crippen LogP contribution in [0.4, 0.5) is 4.39 Å². The molecule has 1 aromatic rings. The molecular weight excluding hydrogens is 203 g/mol. The van der Waals surface area contributed by atoms with Gasteiger partial charge in [-0.05, 0) is 30.5 Å². The number of methoxy groups -OCH3 is 1. The molecule has 0 aromatic heterocycles. The molecule has 0 radical (unpaired) electrons. The molecule has 0 atom stereocenters. The molecule has 2 heteroatoms. The number of ether oxygens (including phenoxy) is 1. The minimum absolute atomic E-state index is 0.243. The van der Waals surface area contributed by atoms with Gasteiger partial charge in [0.15, 0.2) is 0 Å². The van der Waals surface area contributed by atoms with Gasteiger partial charge in [0.1, 0.15) is 5.75 Å². The lowest BCUT2D eigenvalue weighted by molar-refractivity contribution is 0.226. The van der Waals surface area contributed by atoms with Gasteiger partial charge >= 0.3 is 0 Å². The van der Waals surface area contributed by atoms with Crippen molar-refractivity contribution in [3.8, 4) is 5.75 Å². The molecule has 1 aliphatic carbocycles. The fourth-order valence-corrected chi connectivity index (χ4v) is 2.68. The number of hydrogen-bond donors (Lipinski definition) is 0. The van der Waals surface area contributed by atoms with E-state index in [0.717, 1.165) is 37.0 Å².